The van der Waals surface area contributed by atoms with Gasteiger partial charge in [-0.3, -0.25) is 0 Å². The van der Waals surface area contributed by atoms with Crippen LogP contribution in [0.15, 0.2) is 23.1 Å². The van der Waals surface area contributed by atoms with Crippen molar-refractivity contribution in [1.29, 1.82) is 0 Å². The van der Waals surface area contributed by atoms with Crippen molar-refractivity contribution in [3.05, 3.63) is 23.8 Å². The summed E-state index contributed by atoms with van der Waals surface area (Å²) in [7, 11) is -1.65. The molecule has 0 atom stereocenters. The molecular formula is C16H24N2O4S. The van der Waals surface area contributed by atoms with Crippen molar-refractivity contribution >= 4 is 21.6 Å². The molecule has 0 aliphatic heterocycles. The van der Waals surface area contributed by atoms with E-state index in [4.69, 9.17) is 4.74 Å². The van der Waals surface area contributed by atoms with E-state index in [1.165, 1.54) is 6.07 Å². The highest BCUT2D eigenvalue weighted by molar-refractivity contribution is 7.90. The molecule has 2 amide bonds. The van der Waals surface area contributed by atoms with Crippen LogP contribution in [0.2, 0.25) is 0 Å². The Labute approximate surface area is 137 Å². The van der Waals surface area contributed by atoms with Gasteiger partial charge >= 0.3 is 6.03 Å². The average molecular weight is 340 g/mol. The summed E-state index contributed by atoms with van der Waals surface area (Å²) >= 11 is 0. The Morgan fingerprint density at radius 1 is 1.35 bits per heavy atom. The maximum Gasteiger partial charge on any atom is 0.319 e. The van der Waals surface area contributed by atoms with Crippen LogP contribution in [0.25, 0.3) is 0 Å². The normalized spacial score (nSPS) is 16.5. The molecule has 2 rings (SSSR count). The fourth-order valence-electron chi connectivity index (χ4n) is 2.88. The summed E-state index contributed by atoms with van der Waals surface area (Å²) in [6.07, 6.45) is 4.40. The van der Waals surface area contributed by atoms with Gasteiger partial charge in [0.2, 0.25) is 0 Å². The number of hydrogen-bond donors (Lipinski definition) is 2. The predicted molar refractivity (Wildman–Crippen MR) is 89.5 cm³/mol. The van der Waals surface area contributed by atoms with Gasteiger partial charge in [-0.2, -0.15) is 0 Å². The number of aryl methyl sites for hydroxylation is 1. The van der Waals surface area contributed by atoms with E-state index in [1.807, 2.05) is 0 Å². The molecule has 6 nitrogen and oxygen atoms in total. The summed E-state index contributed by atoms with van der Waals surface area (Å²) in [4.78, 5) is 12.3. The minimum absolute atomic E-state index is 0.0390. The van der Waals surface area contributed by atoms with Crippen molar-refractivity contribution in [2.75, 3.05) is 31.8 Å². The monoisotopic (exact) mass is 340 g/mol. The molecule has 1 aromatic carbocycles. The van der Waals surface area contributed by atoms with Gasteiger partial charge in [-0.25, -0.2) is 13.2 Å². The summed E-state index contributed by atoms with van der Waals surface area (Å²) in [6.45, 7) is 2.92. The first-order valence-corrected chi connectivity index (χ1v) is 9.49. The summed E-state index contributed by atoms with van der Waals surface area (Å²) in [5, 5.41) is 5.54. The van der Waals surface area contributed by atoms with Gasteiger partial charge in [-0.05, 0) is 37.5 Å². The summed E-state index contributed by atoms with van der Waals surface area (Å²) in [5.74, 6) is 0. The SMILES string of the molecule is COCC1(CNC(=O)Nc2ccc(C)c(S(C)(=O)=O)c2)CCC1. The standard InChI is InChI=1S/C16H24N2O4S/c1-12-5-6-13(9-14(12)23(3,20)21)18-15(19)17-10-16(11-22-2)7-4-8-16/h5-6,9H,4,7-8,10-11H2,1-3H3,(H2,17,18,19). The maximum atomic E-state index is 12.0. The van der Waals surface area contributed by atoms with Gasteiger partial charge in [0.25, 0.3) is 0 Å². The number of benzene rings is 1. The third-order valence-corrected chi connectivity index (χ3v) is 5.57. The zero-order valence-corrected chi connectivity index (χ0v) is 14.6. The number of carbonyl (C=O) groups is 1. The molecule has 0 spiro atoms. The van der Waals surface area contributed by atoms with Gasteiger partial charge in [0, 0.05) is 31.0 Å². The molecule has 0 aromatic heterocycles. The van der Waals surface area contributed by atoms with Crippen LogP contribution >= 0.6 is 0 Å². The molecule has 0 bridgehead atoms. The minimum Gasteiger partial charge on any atom is -0.384 e. The minimum atomic E-state index is -3.32. The smallest absolute Gasteiger partial charge is 0.319 e. The Morgan fingerprint density at radius 2 is 2.04 bits per heavy atom. The molecule has 1 aliphatic rings. The third-order valence-electron chi connectivity index (χ3n) is 4.33. The van der Waals surface area contributed by atoms with Crippen molar-refractivity contribution in [2.24, 2.45) is 5.41 Å². The van der Waals surface area contributed by atoms with E-state index in [1.54, 1.807) is 26.2 Å². The molecule has 128 valence electrons. The van der Waals surface area contributed by atoms with Crippen LogP contribution < -0.4 is 10.6 Å². The lowest BCUT2D eigenvalue weighted by Crippen LogP contribution is -2.46. The number of ether oxygens (including phenoxy) is 1. The van der Waals surface area contributed by atoms with Crippen molar-refractivity contribution < 1.29 is 17.9 Å². The number of sulfone groups is 1. The van der Waals surface area contributed by atoms with E-state index in [-0.39, 0.29) is 16.3 Å². The highest BCUT2D eigenvalue weighted by Gasteiger charge is 2.37. The molecule has 0 unspecified atom stereocenters. The van der Waals surface area contributed by atoms with Gasteiger partial charge in [0.15, 0.2) is 9.84 Å². The third kappa shape index (κ3) is 4.45. The summed E-state index contributed by atoms with van der Waals surface area (Å²) in [5.41, 5.74) is 1.16. The van der Waals surface area contributed by atoms with Gasteiger partial charge in [-0.1, -0.05) is 12.5 Å². The van der Waals surface area contributed by atoms with Crippen LogP contribution in [0.1, 0.15) is 24.8 Å². The molecule has 1 aliphatic carbocycles. The second-order valence-electron chi connectivity index (χ2n) is 6.35. The molecular weight excluding hydrogens is 316 g/mol. The highest BCUT2D eigenvalue weighted by atomic mass is 32.2. The molecule has 1 saturated carbocycles. The Hall–Kier alpha value is -1.60. The lowest BCUT2D eigenvalue weighted by Gasteiger charge is -2.41. The lowest BCUT2D eigenvalue weighted by atomic mass is 9.69. The number of amides is 2. The van der Waals surface area contributed by atoms with Crippen LogP contribution in [0.5, 0.6) is 0 Å². The lowest BCUT2D eigenvalue weighted by molar-refractivity contribution is 0.0203. The molecule has 23 heavy (non-hydrogen) atoms. The van der Waals surface area contributed by atoms with Crippen LogP contribution in [0, 0.1) is 12.3 Å². The number of urea groups is 1. The summed E-state index contributed by atoms with van der Waals surface area (Å²) in [6, 6.07) is 4.52. The molecule has 2 N–H and O–H groups in total. The van der Waals surface area contributed by atoms with E-state index < -0.39 is 9.84 Å². The molecule has 0 saturated heterocycles. The van der Waals surface area contributed by atoms with Gasteiger partial charge in [0.1, 0.15) is 0 Å². The fourth-order valence-corrected chi connectivity index (χ4v) is 3.87. The molecule has 7 heteroatoms. The summed E-state index contributed by atoms with van der Waals surface area (Å²) < 4.78 is 28.7. The van der Waals surface area contributed by atoms with Crippen molar-refractivity contribution in [1.82, 2.24) is 5.32 Å². The first kappa shape index (κ1) is 17.7. The van der Waals surface area contributed by atoms with E-state index in [0.717, 1.165) is 25.5 Å². The Balaban J connectivity index is 1.98. The van der Waals surface area contributed by atoms with E-state index >= 15 is 0 Å². The van der Waals surface area contributed by atoms with Gasteiger partial charge < -0.3 is 15.4 Å². The van der Waals surface area contributed by atoms with Crippen LogP contribution in [0.4, 0.5) is 10.5 Å². The van der Waals surface area contributed by atoms with Gasteiger partial charge in [0.05, 0.1) is 11.5 Å². The average Bonchev–Trinajstić information content (AvgIpc) is 2.42. The Kier molecular flexibility index (Phi) is 5.31. The number of nitrogens with one attached hydrogen (secondary N) is 2. The van der Waals surface area contributed by atoms with Crippen LogP contribution in [0.3, 0.4) is 0 Å². The first-order chi connectivity index (χ1) is 10.8. The number of hydrogen-bond acceptors (Lipinski definition) is 4. The number of anilines is 1. The van der Waals surface area contributed by atoms with Gasteiger partial charge in [-0.15, -0.1) is 0 Å². The highest BCUT2D eigenvalue weighted by Crippen LogP contribution is 2.40. The maximum absolute atomic E-state index is 12.0. The van der Waals surface area contributed by atoms with Crippen LogP contribution in [-0.2, 0) is 14.6 Å². The zero-order chi connectivity index (χ0) is 17.1. The van der Waals surface area contributed by atoms with E-state index in [0.29, 0.717) is 24.4 Å². The molecule has 0 heterocycles. The quantitative estimate of drug-likeness (QED) is 0.832. The zero-order valence-electron chi connectivity index (χ0n) is 13.8. The predicted octanol–water partition coefficient (Wildman–Crippen LogP) is 2.34. The van der Waals surface area contributed by atoms with Crippen molar-refractivity contribution in [2.45, 2.75) is 31.1 Å². The Morgan fingerprint density at radius 3 is 2.57 bits per heavy atom. The second-order valence-corrected chi connectivity index (χ2v) is 8.33. The first-order valence-electron chi connectivity index (χ1n) is 7.60. The van der Waals surface area contributed by atoms with E-state index in [2.05, 4.69) is 10.6 Å². The van der Waals surface area contributed by atoms with E-state index in [9.17, 15) is 13.2 Å². The fraction of sp³-hybridized carbons (Fsp3) is 0.562. The second kappa shape index (κ2) is 6.88. The largest absolute Gasteiger partial charge is 0.384 e. The number of carbonyl (C=O) groups excluding carboxylic acids is 1. The molecule has 1 aromatic rings. The topological polar surface area (TPSA) is 84.5 Å². The molecule has 0 radical (unpaired) electrons. The van der Waals surface area contributed by atoms with Crippen molar-refractivity contribution in [3.8, 4) is 0 Å². The van der Waals surface area contributed by atoms with Crippen LogP contribution in [-0.4, -0.2) is 41.0 Å². The van der Waals surface area contributed by atoms with Crippen molar-refractivity contribution in [3.63, 3.8) is 0 Å². The molecule has 1 fully saturated rings. The number of methoxy groups -OCH3 is 1. The number of rotatable bonds is 6. The Bertz CT molecular complexity index is 681.